The lowest BCUT2D eigenvalue weighted by Gasteiger charge is -2.21. The number of hydrogen-bond acceptors (Lipinski definition) is 3. The van der Waals surface area contributed by atoms with Gasteiger partial charge in [-0.15, -0.1) is 0 Å². The minimum absolute atomic E-state index is 0.0161. The lowest BCUT2D eigenvalue weighted by atomic mass is 9.94. The quantitative estimate of drug-likeness (QED) is 0.916. The highest BCUT2D eigenvalue weighted by molar-refractivity contribution is 5.30. The molecule has 1 aromatic heterocycles. The maximum Gasteiger partial charge on any atom is 0.346 e. The number of piperidine rings is 1. The standard InChI is InChI=1S/C19H28N4O/c1-4-22-18(12-16-7-9-20-10-8-16)21-23(19(22)24)13-17-11-14(2)5-6-15(17)3/h5-6,11,16,20H,4,7-10,12-13H2,1-3H3. The van der Waals surface area contributed by atoms with E-state index in [1.165, 1.54) is 29.5 Å². The molecule has 1 saturated heterocycles. The molecule has 2 aromatic rings. The van der Waals surface area contributed by atoms with E-state index < -0.39 is 0 Å². The molecule has 3 rings (SSSR count). The fourth-order valence-electron chi connectivity index (χ4n) is 3.53. The predicted octanol–water partition coefficient (Wildman–Crippen LogP) is 2.27. The fourth-order valence-corrected chi connectivity index (χ4v) is 3.53. The zero-order chi connectivity index (χ0) is 17.1. The van der Waals surface area contributed by atoms with Gasteiger partial charge < -0.3 is 5.32 Å². The second kappa shape index (κ2) is 7.34. The first-order valence-corrected chi connectivity index (χ1v) is 9.02. The maximum atomic E-state index is 12.7. The van der Waals surface area contributed by atoms with Crippen LogP contribution in [0.1, 0.15) is 42.3 Å². The largest absolute Gasteiger partial charge is 0.346 e. The Bertz CT molecular complexity index is 753. The van der Waals surface area contributed by atoms with Crippen LogP contribution in [0.4, 0.5) is 0 Å². The Kier molecular flexibility index (Phi) is 5.19. The van der Waals surface area contributed by atoms with Crippen molar-refractivity contribution in [3.8, 4) is 0 Å². The number of rotatable bonds is 5. The lowest BCUT2D eigenvalue weighted by Crippen LogP contribution is -2.30. The van der Waals surface area contributed by atoms with E-state index in [9.17, 15) is 4.79 Å². The van der Waals surface area contributed by atoms with E-state index in [2.05, 4.69) is 42.5 Å². The molecule has 1 aromatic carbocycles. The summed E-state index contributed by atoms with van der Waals surface area (Å²) >= 11 is 0. The molecule has 24 heavy (non-hydrogen) atoms. The predicted molar refractivity (Wildman–Crippen MR) is 96.5 cm³/mol. The van der Waals surface area contributed by atoms with Crippen LogP contribution in [0.15, 0.2) is 23.0 Å². The van der Waals surface area contributed by atoms with E-state index >= 15 is 0 Å². The van der Waals surface area contributed by atoms with Crippen molar-refractivity contribution in [1.29, 1.82) is 0 Å². The van der Waals surface area contributed by atoms with Gasteiger partial charge in [0.2, 0.25) is 0 Å². The van der Waals surface area contributed by atoms with Crippen molar-refractivity contribution < 1.29 is 0 Å². The summed E-state index contributed by atoms with van der Waals surface area (Å²) in [5.41, 5.74) is 3.61. The van der Waals surface area contributed by atoms with Gasteiger partial charge in [-0.3, -0.25) is 4.57 Å². The summed E-state index contributed by atoms with van der Waals surface area (Å²) in [5.74, 6) is 1.58. The molecular formula is C19H28N4O. The van der Waals surface area contributed by atoms with E-state index in [1.807, 2.05) is 11.5 Å². The smallest absolute Gasteiger partial charge is 0.317 e. The van der Waals surface area contributed by atoms with Crippen molar-refractivity contribution in [2.24, 2.45) is 5.92 Å². The molecule has 0 spiro atoms. The van der Waals surface area contributed by atoms with Crippen LogP contribution in [0.2, 0.25) is 0 Å². The van der Waals surface area contributed by atoms with Crippen molar-refractivity contribution in [1.82, 2.24) is 19.7 Å². The maximum absolute atomic E-state index is 12.7. The first-order chi connectivity index (χ1) is 11.6. The van der Waals surface area contributed by atoms with Crippen molar-refractivity contribution in [3.63, 3.8) is 0 Å². The molecule has 2 heterocycles. The van der Waals surface area contributed by atoms with Crippen LogP contribution in [0, 0.1) is 19.8 Å². The van der Waals surface area contributed by atoms with Gasteiger partial charge in [-0.25, -0.2) is 9.48 Å². The van der Waals surface area contributed by atoms with Crippen LogP contribution in [0.5, 0.6) is 0 Å². The molecule has 0 amide bonds. The Morgan fingerprint density at radius 3 is 2.71 bits per heavy atom. The zero-order valence-electron chi connectivity index (χ0n) is 15.0. The van der Waals surface area contributed by atoms with E-state index in [0.29, 0.717) is 19.0 Å². The summed E-state index contributed by atoms with van der Waals surface area (Å²) in [6.45, 7) is 9.58. The number of aromatic nitrogens is 3. The molecule has 1 N–H and O–H groups in total. The second-order valence-electron chi connectivity index (χ2n) is 6.93. The van der Waals surface area contributed by atoms with Crippen molar-refractivity contribution >= 4 is 0 Å². The monoisotopic (exact) mass is 328 g/mol. The van der Waals surface area contributed by atoms with Crippen LogP contribution < -0.4 is 11.0 Å². The molecule has 0 atom stereocenters. The van der Waals surface area contributed by atoms with Crippen LogP contribution in [0.3, 0.4) is 0 Å². The molecule has 1 aliphatic rings. The van der Waals surface area contributed by atoms with Crippen molar-refractivity contribution in [2.75, 3.05) is 13.1 Å². The molecule has 5 nitrogen and oxygen atoms in total. The summed E-state index contributed by atoms with van der Waals surface area (Å²) in [4.78, 5) is 12.7. The molecule has 0 aliphatic carbocycles. The minimum Gasteiger partial charge on any atom is -0.317 e. The average molecular weight is 328 g/mol. The lowest BCUT2D eigenvalue weighted by molar-refractivity contribution is 0.362. The first-order valence-electron chi connectivity index (χ1n) is 9.02. The molecule has 130 valence electrons. The molecule has 0 unspecified atom stereocenters. The van der Waals surface area contributed by atoms with Gasteiger partial charge in [0.25, 0.3) is 0 Å². The van der Waals surface area contributed by atoms with Crippen LogP contribution in [-0.2, 0) is 19.5 Å². The molecule has 0 saturated carbocycles. The average Bonchev–Trinajstić information content (AvgIpc) is 2.87. The third kappa shape index (κ3) is 3.61. The number of benzene rings is 1. The summed E-state index contributed by atoms with van der Waals surface area (Å²) < 4.78 is 3.48. The minimum atomic E-state index is 0.0161. The highest BCUT2D eigenvalue weighted by Gasteiger charge is 2.19. The van der Waals surface area contributed by atoms with Gasteiger partial charge >= 0.3 is 5.69 Å². The SMILES string of the molecule is CCn1c(CC2CCNCC2)nn(Cc2cc(C)ccc2C)c1=O. The number of nitrogens with zero attached hydrogens (tertiary/aromatic N) is 3. The zero-order valence-corrected chi connectivity index (χ0v) is 15.0. The topological polar surface area (TPSA) is 51.9 Å². The Labute approximate surface area is 143 Å². The summed E-state index contributed by atoms with van der Waals surface area (Å²) in [5, 5.41) is 8.08. The van der Waals surface area contributed by atoms with Gasteiger partial charge in [0, 0.05) is 13.0 Å². The number of nitrogens with one attached hydrogen (secondary N) is 1. The van der Waals surface area contributed by atoms with Crippen LogP contribution >= 0.6 is 0 Å². The van der Waals surface area contributed by atoms with Gasteiger partial charge in [-0.2, -0.15) is 5.10 Å². The Balaban J connectivity index is 1.86. The van der Waals surface area contributed by atoms with E-state index in [-0.39, 0.29) is 5.69 Å². The van der Waals surface area contributed by atoms with Gasteiger partial charge in [0.05, 0.1) is 6.54 Å². The summed E-state index contributed by atoms with van der Waals surface area (Å²) in [7, 11) is 0. The van der Waals surface area contributed by atoms with Gasteiger partial charge in [-0.1, -0.05) is 23.8 Å². The Morgan fingerprint density at radius 1 is 1.25 bits per heavy atom. The van der Waals surface area contributed by atoms with Gasteiger partial charge in [-0.05, 0) is 63.7 Å². The highest BCUT2D eigenvalue weighted by atomic mass is 16.2. The Morgan fingerprint density at radius 2 is 2.00 bits per heavy atom. The van der Waals surface area contributed by atoms with Crippen molar-refractivity contribution in [3.05, 3.63) is 51.2 Å². The number of hydrogen-bond donors (Lipinski definition) is 1. The van der Waals surface area contributed by atoms with Gasteiger partial charge in [0.1, 0.15) is 5.82 Å². The Hall–Kier alpha value is -1.88. The third-order valence-corrected chi connectivity index (χ3v) is 5.07. The molecule has 0 radical (unpaired) electrons. The third-order valence-electron chi connectivity index (χ3n) is 5.07. The molecule has 1 fully saturated rings. The van der Waals surface area contributed by atoms with E-state index in [1.54, 1.807) is 4.68 Å². The normalized spacial score (nSPS) is 15.8. The van der Waals surface area contributed by atoms with Gasteiger partial charge in [0.15, 0.2) is 0 Å². The second-order valence-corrected chi connectivity index (χ2v) is 6.93. The molecule has 0 bridgehead atoms. The van der Waals surface area contributed by atoms with E-state index in [4.69, 9.17) is 0 Å². The summed E-state index contributed by atoms with van der Waals surface area (Å²) in [6.07, 6.45) is 3.24. The highest BCUT2D eigenvalue weighted by Crippen LogP contribution is 2.17. The van der Waals surface area contributed by atoms with E-state index in [0.717, 1.165) is 25.3 Å². The first kappa shape index (κ1) is 17.0. The fraction of sp³-hybridized carbons (Fsp3) is 0.579. The summed E-state index contributed by atoms with van der Waals surface area (Å²) in [6, 6.07) is 6.37. The molecule has 1 aliphatic heterocycles. The van der Waals surface area contributed by atoms with Crippen LogP contribution in [0.25, 0.3) is 0 Å². The van der Waals surface area contributed by atoms with Crippen molar-refractivity contribution in [2.45, 2.75) is 53.1 Å². The van der Waals surface area contributed by atoms with Crippen LogP contribution in [-0.4, -0.2) is 27.4 Å². The molecular weight excluding hydrogens is 300 g/mol. The number of aryl methyl sites for hydroxylation is 2. The molecule has 5 heteroatoms.